The molecule has 6 heteroatoms. The number of hydrogen-bond donors (Lipinski definition) is 2. The van der Waals surface area contributed by atoms with Crippen LogP contribution in [0.1, 0.15) is 25.7 Å². The normalized spacial score (nSPS) is 27.7. The number of halogens is 1. The van der Waals surface area contributed by atoms with E-state index in [9.17, 15) is 4.79 Å². The van der Waals surface area contributed by atoms with Crippen LogP contribution in [0, 0.1) is 8.99 Å². The summed E-state index contributed by atoms with van der Waals surface area (Å²) >= 11 is 2.10. The number of rotatable bonds is 1. The van der Waals surface area contributed by atoms with E-state index in [1.54, 1.807) is 0 Å². The highest BCUT2D eigenvalue weighted by Crippen LogP contribution is 2.37. The molecule has 2 aliphatic heterocycles. The summed E-state index contributed by atoms with van der Waals surface area (Å²) in [6.07, 6.45) is 6.53. The van der Waals surface area contributed by atoms with E-state index in [0.717, 1.165) is 32.0 Å². The molecule has 2 fully saturated rings. The van der Waals surface area contributed by atoms with Gasteiger partial charge in [-0.3, -0.25) is 4.79 Å². The predicted octanol–water partition coefficient (Wildman–Crippen LogP) is 1.34. The van der Waals surface area contributed by atoms with Crippen LogP contribution in [0.2, 0.25) is 0 Å². The number of H-pyrrole nitrogens is 1. The van der Waals surface area contributed by atoms with Crippen LogP contribution in [0.3, 0.4) is 0 Å². The molecule has 0 aromatic carbocycles. The maximum atomic E-state index is 11.7. The van der Waals surface area contributed by atoms with Gasteiger partial charge in [-0.2, -0.15) is 0 Å². The molecular formula is C13H19IN4O. The van der Waals surface area contributed by atoms with Gasteiger partial charge in [0, 0.05) is 25.0 Å². The third-order valence-corrected chi connectivity index (χ3v) is 5.27. The molecule has 2 aliphatic rings. The Morgan fingerprint density at radius 1 is 1.37 bits per heavy atom. The lowest BCUT2D eigenvalue weighted by molar-refractivity contribution is 0.172. The van der Waals surface area contributed by atoms with Crippen molar-refractivity contribution in [3.05, 3.63) is 20.3 Å². The fraction of sp³-hybridized carbons (Fsp3) is 0.692. The first-order chi connectivity index (χ1) is 9.20. The van der Waals surface area contributed by atoms with Crippen LogP contribution < -0.4 is 15.8 Å². The Bertz CT molecular complexity index is 504. The topological polar surface area (TPSA) is 61.0 Å². The zero-order valence-electron chi connectivity index (χ0n) is 10.9. The third-order valence-electron chi connectivity index (χ3n) is 4.30. The van der Waals surface area contributed by atoms with Gasteiger partial charge in [0.05, 0.1) is 6.33 Å². The number of piperidine rings is 2. The average Bonchev–Trinajstić information content (AvgIpc) is 2.43. The summed E-state index contributed by atoms with van der Waals surface area (Å²) < 4.78 is 0.709. The number of hydrogen-bond acceptors (Lipinski definition) is 4. The van der Waals surface area contributed by atoms with Crippen LogP contribution in [0.15, 0.2) is 11.1 Å². The van der Waals surface area contributed by atoms with Crippen LogP contribution in [0.4, 0.5) is 5.82 Å². The predicted molar refractivity (Wildman–Crippen MR) is 83.6 cm³/mol. The van der Waals surface area contributed by atoms with Crippen molar-refractivity contribution >= 4 is 28.4 Å². The SMILES string of the molecule is O=c1[nH]cnc(N2CCCC3(CCCNC3)C2)c1I. The van der Waals surface area contributed by atoms with Gasteiger partial charge in [-0.25, -0.2) is 4.98 Å². The third kappa shape index (κ3) is 2.65. The monoisotopic (exact) mass is 374 g/mol. The minimum atomic E-state index is -0.0352. The number of anilines is 1. The van der Waals surface area contributed by atoms with E-state index in [2.05, 4.69) is 42.8 Å². The van der Waals surface area contributed by atoms with Crippen molar-refractivity contribution in [1.29, 1.82) is 0 Å². The second-order valence-electron chi connectivity index (χ2n) is 5.67. The molecule has 1 atom stereocenters. The van der Waals surface area contributed by atoms with Gasteiger partial charge < -0.3 is 15.2 Å². The molecule has 104 valence electrons. The van der Waals surface area contributed by atoms with Crippen LogP contribution in [0.25, 0.3) is 0 Å². The Morgan fingerprint density at radius 2 is 2.21 bits per heavy atom. The number of aromatic nitrogens is 2. The average molecular weight is 374 g/mol. The van der Waals surface area contributed by atoms with Gasteiger partial charge in [0.1, 0.15) is 9.39 Å². The smallest absolute Gasteiger partial charge is 0.266 e. The van der Waals surface area contributed by atoms with Crippen molar-refractivity contribution in [3.63, 3.8) is 0 Å². The van der Waals surface area contributed by atoms with Crippen LogP contribution in [-0.4, -0.2) is 36.1 Å². The van der Waals surface area contributed by atoms with Crippen molar-refractivity contribution in [2.24, 2.45) is 5.41 Å². The molecule has 0 saturated carbocycles. The highest BCUT2D eigenvalue weighted by molar-refractivity contribution is 14.1. The Labute approximate surface area is 126 Å². The Hall–Kier alpha value is -0.630. The number of nitrogens with zero attached hydrogens (tertiary/aromatic N) is 2. The summed E-state index contributed by atoms with van der Waals surface area (Å²) in [5, 5.41) is 3.53. The molecule has 2 N–H and O–H groups in total. The van der Waals surface area contributed by atoms with Gasteiger partial charge >= 0.3 is 0 Å². The first-order valence-electron chi connectivity index (χ1n) is 6.89. The van der Waals surface area contributed by atoms with E-state index in [-0.39, 0.29) is 5.56 Å². The summed E-state index contributed by atoms with van der Waals surface area (Å²) in [6, 6.07) is 0. The van der Waals surface area contributed by atoms with Crippen LogP contribution in [-0.2, 0) is 0 Å². The molecule has 3 heterocycles. The fourth-order valence-electron chi connectivity index (χ4n) is 3.36. The molecule has 0 bridgehead atoms. The van der Waals surface area contributed by atoms with Gasteiger partial charge in [-0.05, 0) is 54.8 Å². The molecule has 2 saturated heterocycles. The lowest BCUT2D eigenvalue weighted by Gasteiger charge is -2.45. The quantitative estimate of drug-likeness (QED) is 0.729. The number of aromatic amines is 1. The van der Waals surface area contributed by atoms with Crippen molar-refractivity contribution in [1.82, 2.24) is 15.3 Å². The Morgan fingerprint density at radius 3 is 3.00 bits per heavy atom. The molecule has 1 spiro atoms. The zero-order chi connectivity index (χ0) is 13.3. The van der Waals surface area contributed by atoms with Crippen LogP contribution >= 0.6 is 22.6 Å². The minimum Gasteiger partial charge on any atom is -0.355 e. The maximum Gasteiger partial charge on any atom is 0.266 e. The molecule has 0 amide bonds. The lowest BCUT2D eigenvalue weighted by atomic mass is 9.74. The molecule has 1 unspecified atom stereocenters. The molecule has 3 rings (SSSR count). The van der Waals surface area contributed by atoms with E-state index in [1.807, 2.05) is 0 Å². The molecule has 0 radical (unpaired) electrons. The van der Waals surface area contributed by atoms with Gasteiger partial charge in [0.15, 0.2) is 0 Å². The number of nitrogens with one attached hydrogen (secondary N) is 2. The van der Waals surface area contributed by atoms with E-state index in [0.29, 0.717) is 8.99 Å². The van der Waals surface area contributed by atoms with Gasteiger partial charge in [0.25, 0.3) is 5.56 Å². The van der Waals surface area contributed by atoms with Gasteiger partial charge in [-0.15, -0.1) is 0 Å². The van der Waals surface area contributed by atoms with Crippen LogP contribution in [0.5, 0.6) is 0 Å². The molecule has 1 aromatic rings. The second kappa shape index (κ2) is 5.40. The van der Waals surface area contributed by atoms with Gasteiger partial charge in [0.2, 0.25) is 0 Å². The van der Waals surface area contributed by atoms with Crippen molar-refractivity contribution in [3.8, 4) is 0 Å². The van der Waals surface area contributed by atoms with Gasteiger partial charge in [-0.1, -0.05) is 0 Å². The van der Waals surface area contributed by atoms with E-state index >= 15 is 0 Å². The minimum absolute atomic E-state index is 0.0352. The van der Waals surface area contributed by atoms with Crippen molar-refractivity contribution in [2.75, 3.05) is 31.1 Å². The van der Waals surface area contributed by atoms with Crippen molar-refractivity contribution in [2.45, 2.75) is 25.7 Å². The summed E-state index contributed by atoms with van der Waals surface area (Å²) in [4.78, 5) is 21.0. The fourth-order valence-corrected chi connectivity index (χ4v) is 4.00. The summed E-state index contributed by atoms with van der Waals surface area (Å²) in [5.41, 5.74) is 0.344. The largest absolute Gasteiger partial charge is 0.355 e. The highest BCUT2D eigenvalue weighted by atomic mass is 127. The van der Waals surface area contributed by atoms with E-state index in [4.69, 9.17) is 0 Å². The summed E-state index contributed by atoms with van der Waals surface area (Å²) in [5.74, 6) is 0.856. The van der Waals surface area contributed by atoms with E-state index < -0.39 is 0 Å². The summed E-state index contributed by atoms with van der Waals surface area (Å²) in [6.45, 7) is 4.27. The molecule has 1 aromatic heterocycles. The Kier molecular flexibility index (Phi) is 3.79. The molecule has 5 nitrogen and oxygen atoms in total. The van der Waals surface area contributed by atoms with E-state index in [1.165, 1.54) is 32.0 Å². The lowest BCUT2D eigenvalue weighted by Crippen LogP contribution is -2.51. The Balaban J connectivity index is 1.85. The standard InChI is InChI=1S/C13H19IN4O/c14-10-11(16-9-17-12(10)19)18-6-2-4-13(8-18)3-1-5-15-7-13/h9,15H,1-8H2,(H,16,17,19). The molecule has 0 aliphatic carbocycles. The first kappa shape index (κ1) is 13.4. The molecular weight excluding hydrogens is 355 g/mol. The first-order valence-corrected chi connectivity index (χ1v) is 7.97. The maximum absolute atomic E-state index is 11.7. The highest BCUT2D eigenvalue weighted by Gasteiger charge is 2.37. The zero-order valence-corrected chi connectivity index (χ0v) is 13.1. The summed E-state index contributed by atoms with van der Waals surface area (Å²) in [7, 11) is 0. The van der Waals surface area contributed by atoms with Crippen molar-refractivity contribution < 1.29 is 0 Å². The molecule has 19 heavy (non-hydrogen) atoms. The second-order valence-corrected chi connectivity index (χ2v) is 6.75.